The number of carbonyl (C=O) groups excluding carboxylic acids is 1. The molecular weight excluding hydrogens is 378 g/mol. The number of para-hydroxylation sites is 1. The lowest BCUT2D eigenvalue weighted by molar-refractivity contribution is -0.125. The Hall–Kier alpha value is -2.71. The molecule has 0 radical (unpaired) electrons. The van der Waals surface area contributed by atoms with Crippen molar-refractivity contribution >= 4 is 17.2 Å². The summed E-state index contributed by atoms with van der Waals surface area (Å²) in [5.41, 5.74) is 1.87. The molecule has 0 spiro atoms. The van der Waals surface area contributed by atoms with Gasteiger partial charge >= 0.3 is 0 Å². The molecule has 0 fully saturated rings. The van der Waals surface area contributed by atoms with Crippen LogP contribution in [0, 0.1) is 6.92 Å². The van der Waals surface area contributed by atoms with Crippen LogP contribution in [0.3, 0.4) is 0 Å². The molecular formula is C20H21N3O4S. The molecule has 0 bridgehead atoms. The van der Waals surface area contributed by atoms with E-state index in [9.17, 15) is 4.79 Å². The maximum absolute atomic E-state index is 12.9. The largest absolute Gasteiger partial charge is 0.496 e. The van der Waals surface area contributed by atoms with Gasteiger partial charge in [-0.3, -0.25) is 4.79 Å². The zero-order chi connectivity index (χ0) is 19.5. The van der Waals surface area contributed by atoms with Crippen molar-refractivity contribution in [2.75, 3.05) is 13.7 Å². The van der Waals surface area contributed by atoms with Crippen LogP contribution in [0.1, 0.15) is 46.3 Å². The summed E-state index contributed by atoms with van der Waals surface area (Å²) < 4.78 is 16.4. The highest BCUT2D eigenvalue weighted by molar-refractivity contribution is 7.10. The molecule has 1 aliphatic rings. The number of ether oxygens (including phenoxy) is 2. The van der Waals surface area contributed by atoms with E-state index in [1.165, 1.54) is 4.88 Å². The molecule has 0 unspecified atom stereocenters. The second-order valence-electron chi connectivity index (χ2n) is 6.53. The van der Waals surface area contributed by atoms with Gasteiger partial charge in [-0.15, -0.1) is 11.3 Å². The second-order valence-corrected chi connectivity index (χ2v) is 7.53. The number of thiophene rings is 1. The van der Waals surface area contributed by atoms with Crippen molar-refractivity contribution in [1.82, 2.24) is 15.5 Å². The van der Waals surface area contributed by atoms with Gasteiger partial charge in [0.2, 0.25) is 11.8 Å². The molecule has 1 N–H and O–H groups in total. The lowest BCUT2D eigenvalue weighted by Crippen LogP contribution is -2.32. The number of nitrogens with zero attached hydrogens (tertiary/aromatic N) is 2. The van der Waals surface area contributed by atoms with Crippen LogP contribution in [0.4, 0.5) is 0 Å². The van der Waals surface area contributed by atoms with Crippen LogP contribution >= 0.6 is 11.3 Å². The molecule has 0 aliphatic carbocycles. The van der Waals surface area contributed by atoms with Gasteiger partial charge in [0.05, 0.1) is 26.2 Å². The van der Waals surface area contributed by atoms with E-state index in [1.54, 1.807) is 25.4 Å². The smallest absolute Gasteiger partial charge is 0.223 e. The third-order valence-corrected chi connectivity index (χ3v) is 5.70. The monoisotopic (exact) mass is 399 g/mol. The van der Waals surface area contributed by atoms with Crippen molar-refractivity contribution in [3.63, 3.8) is 0 Å². The van der Waals surface area contributed by atoms with Gasteiger partial charge in [0.15, 0.2) is 5.82 Å². The second kappa shape index (κ2) is 8.12. The summed E-state index contributed by atoms with van der Waals surface area (Å²) in [6.45, 7) is 2.34. The summed E-state index contributed by atoms with van der Waals surface area (Å²) in [5.74, 6) is 1.31. The van der Waals surface area contributed by atoms with Crippen LogP contribution < -0.4 is 10.1 Å². The summed E-state index contributed by atoms with van der Waals surface area (Å²) in [7, 11) is 1.59. The fraction of sp³-hybridized carbons (Fsp3) is 0.350. The van der Waals surface area contributed by atoms with Crippen LogP contribution in [0.15, 0.2) is 40.2 Å². The quantitative estimate of drug-likeness (QED) is 0.684. The first-order chi connectivity index (χ1) is 13.7. The summed E-state index contributed by atoms with van der Waals surface area (Å²) in [4.78, 5) is 18.5. The van der Waals surface area contributed by atoms with Crippen molar-refractivity contribution in [3.8, 4) is 5.75 Å². The minimum atomic E-state index is -0.577. The van der Waals surface area contributed by atoms with Gasteiger partial charge in [-0.1, -0.05) is 23.4 Å². The normalized spacial score (nSPS) is 17.0. The third-order valence-electron chi connectivity index (χ3n) is 4.70. The van der Waals surface area contributed by atoms with Crippen molar-refractivity contribution in [2.45, 2.75) is 31.9 Å². The highest BCUT2D eigenvalue weighted by Gasteiger charge is 2.28. The fourth-order valence-corrected chi connectivity index (χ4v) is 4.32. The fourth-order valence-electron chi connectivity index (χ4n) is 3.40. The highest BCUT2D eigenvalue weighted by atomic mass is 32.1. The molecule has 1 amide bonds. The number of amides is 1. The first-order valence-electron chi connectivity index (χ1n) is 9.06. The first kappa shape index (κ1) is 18.6. The van der Waals surface area contributed by atoms with Crippen LogP contribution in [0.25, 0.3) is 0 Å². The van der Waals surface area contributed by atoms with Crippen LogP contribution in [0.5, 0.6) is 5.75 Å². The number of carbonyl (C=O) groups is 1. The first-order valence-corrected chi connectivity index (χ1v) is 9.94. The molecule has 2 atom stereocenters. The molecule has 3 heterocycles. The minimum Gasteiger partial charge on any atom is -0.496 e. The standard InChI is InChI=1S/C20H21N3O4S/c1-12-21-20(23-27-12)19(14-5-3-4-6-15(14)25-2)22-18(24)11-16-13-8-10-28-17(13)7-9-26-16/h3-6,8,10,16,19H,7,9,11H2,1-2H3,(H,22,24)/t16-,19+/m1/s1. The zero-order valence-corrected chi connectivity index (χ0v) is 16.5. The van der Waals surface area contributed by atoms with E-state index in [4.69, 9.17) is 14.0 Å². The molecule has 28 heavy (non-hydrogen) atoms. The molecule has 0 saturated carbocycles. The van der Waals surface area contributed by atoms with Gasteiger partial charge in [-0.25, -0.2) is 0 Å². The van der Waals surface area contributed by atoms with Crippen LogP contribution in [-0.2, 0) is 16.0 Å². The maximum atomic E-state index is 12.9. The number of nitrogens with one attached hydrogen (secondary N) is 1. The van der Waals surface area contributed by atoms with E-state index >= 15 is 0 Å². The average Bonchev–Trinajstić information content (AvgIpc) is 3.35. The number of methoxy groups -OCH3 is 1. The highest BCUT2D eigenvalue weighted by Crippen LogP contribution is 2.34. The van der Waals surface area contributed by atoms with Gasteiger partial charge < -0.3 is 19.3 Å². The third kappa shape index (κ3) is 3.79. The summed E-state index contributed by atoms with van der Waals surface area (Å²) in [6.07, 6.45) is 0.892. The summed E-state index contributed by atoms with van der Waals surface area (Å²) >= 11 is 1.71. The van der Waals surface area contributed by atoms with E-state index in [1.807, 2.05) is 35.7 Å². The molecule has 8 heteroatoms. The van der Waals surface area contributed by atoms with Gasteiger partial charge in [-0.05, 0) is 23.1 Å². The van der Waals surface area contributed by atoms with Crippen LogP contribution in [-0.4, -0.2) is 29.8 Å². The average molecular weight is 399 g/mol. The van der Waals surface area contributed by atoms with Gasteiger partial charge in [0.25, 0.3) is 0 Å². The molecule has 2 aromatic heterocycles. The van der Waals surface area contributed by atoms with E-state index in [2.05, 4.69) is 15.5 Å². The van der Waals surface area contributed by atoms with Gasteiger partial charge in [0, 0.05) is 23.8 Å². The van der Waals surface area contributed by atoms with E-state index in [0.29, 0.717) is 24.1 Å². The predicted octanol–water partition coefficient (Wildman–Crippen LogP) is 3.36. The number of aromatic nitrogens is 2. The molecule has 4 rings (SSSR count). The van der Waals surface area contributed by atoms with Gasteiger partial charge in [0.1, 0.15) is 11.8 Å². The SMILES string of the molecule is COc1ccccc1[C@H](NC(=O)C[C@H]1OCCc2sccc21)c1noc(C)n1. The van der Waals surface area contributed by atoms with Crippen molar-refractivity contribution in [2.24, 2.45) is 0 Å². The Morgan fingerprint density at radius 1 is 1.39 bits per heavy atom. The Bertz CT molecular complexity index is 968. The summed E-state index contributed by atoms with van der Waals surface area (Å²) in [5, 5.41) is 9.08. The van der Waals surface area contributed by atoms with Crippen molar-refractivity contribution in [1.29, 1.82) is 0 Å². The Labute approximate surface area is 166 Å². The Kier molecular flexibility index (Phi) is 5.40. The minimum absolute atomic E-state index is 0.151. The zero-order valence-electron chi connectivity index (χ0n) is 15.7. The van der Waals surface area contributed by atoms with Crippen molar-refractivity contribution in [3.05, 3.63) is 63.4 Å². The molecule has 146 valence electrons. The van der Waals surface area contributed by atoms with Gasteiger partial charge in [-0.2, -0.15) is 4.98 Å². The summed E-state index contributed by atoms with van der Waals surface area (Å²) in [6, 6.07) is 8.93. The van der Waals surface area contributed by atoms with Crippen molar-refractivity contribution < 1.29 is 18.8 Å². The number of benzene rings is 1. The number of hydrogen-bond donors (Lipinski definition) is 1. The van der Waals surface area contributed by atoms with E-state index in [0.717, 1.165) is 17.5 Å². The molecule has 1 aliphatic heterocycles. The number of hydrogen-bond acceptors (Lipinski definition) is 7. The maximum Gasteiger partial charge on any atom is 0.223 e. The Morgan fingerprint density at radius 3 is 3.04 bits per heavy atom. The molecule has 0 saturated heterocycles. The number of aryl methyl sites for hydroxylation is 1. The number of rotatable bonds is 6. The topological polar surface area (TPSA) is 86.5 Å². The Morgan fingerprint density at radius 2 is 2.25 bits per heavy atom. The lowest BCUT2D eigenvalue weighted by atomic mass is 10.0. The molecule has 7 nitrogen and oxygen atoms in total. The molecule has 3 aromatic rings. The van der Waals surface area contributed by atoms with E-state index < -0.39 is 6.04 Å². The van der Waals surface area contributed by atoms with E-state index in [-0.39, 0.29) is 18.4 Å². The lowest BCUT2D eigenvalue weighted by Gasteiger charge is -2.24. The van der Waals surface area contributed by atoms with Crippen LogP contribution in [0.2, 0.25) is 0 Å². The number of fused-ring (bicyclic) bond motifs is 1. The Balaban J connectivity index is 1.57. The molecule has 1 aromatic carbocycles. The predicted molar refractivity (Wildman–Crippen MR) is 103 cm³/mol.